The zero-order chi connectivity index (χ0) is 23.8. The molecule has 172 valence electrons. The van der Waals surface area contributed by atoms with Crippen molar-refractivity contribution < 1.29 is 4.39 Å². The Balaban J connectivity index is 1.65. The van der Waals surface area contributed by atoms with Gasteiger partial charge in [0.1, 0.15) is 5.82 Å². The molecule has 2 aromatic carbocycles. The van der Waals surface area contributed by atoms with Crippen LogP contribution in [-0.4, -0.2) is 14.7 Å². The van der Waals surface area contributed by atoms with Crippen LogP contribution in [0.25, 0.3) is 5.69 Å². The van der Waals surface area contributed by atoms with Gasteiger partial charge >= 0.3 is 0 Å². The number of thiocarbonyl (C=S) groups is 1. The smallest absolute Gasteiger partial charge is 0.174 e. The Morgan fingerprint density at radius 3 is 2.32 bits per heavy atom. The third kappa shape index (κ3) is 3.88. The normalized spacial score (nSPS) is 17.8. The summed E-state index contributed by atoms with van der Waals surface area (Å²) in [5, 5.41) is 4.09. The number of benzene rings is 2. The number of rotatable bonds is 5. The molecule has 5 rings (SSSR count). The maximum Gasteiger partial charge on any atom is 0.174 e. The topological polar surface area (TPSA) is 33.1 Å². The monoisotopic (exact) mass is 470 g/mol. The highest BCUT2D eigenvalue weighted by atomic mass is 32.1. The van der Waals surface area contributed by atoms with Crippen LogP contribution in [0, 0.1) is 19.7 Å². The molecule has 0 aliphatic carbocycles. The number of pyridine rings is 1. The molecule has 2 unspecified atom stereocenters. The molecule has 34 heavy (non-hydrogen) atoms. The Kier molecular flexibility index (Phi) is 5.92. The minimum Gasteiger partial charge on any atom is -0.351 e. The number of hydrogen-bond acceptors (Lipinski definition) is 2. The molecule has 3 heterocycles. The average Bonchev–Trinajstić information content (AvgIpc) is 3.35. The van der Waals surface area contributed by atoms with Crippen LogP contribution in [0.1, 0.15) is 47.2 Å². The lowest BCUT2D eigenvalue weighted by atomic mass is 9.96. The van der Waals surface area contributed by atoms with Crippen molar-refractivity contribution in [2.75, 3.05) is 4.90 Å². The van der Waals surface area contributed by atoms with E-state index in [1.54, 1.807) is 18.3 Å². The molecular formula is C28H27FN4S. The van der Waals surface area contributed by atoms with E-state index in [1.165, 1.54) is 17.7 Å². The second-order valence-corrected chi connectivity index (χ2v) is 9.04. The van der Waals surface area contributed by atoms with Crippen molar-refractivity contribution in [3.8, 4) is 5.69 Å². The van der Waals surface area contributed by atoms with Gasteiger partial charge in [-0.2, -0.15) is 0 Å². The highest BCUT2D eigenvalue weighted by Crippen LogP contribution is 2.43. The number of nitrogens with zero attached hydrogens (tertiary/aromatic N) is 3. The summed E-state index contributed by atoms with van der Waals surface area (Å²) < 4.78 is 16.0. The fourth-order valence-electron chi connectivity index (χ4n) is 4.92. The second-order valence-electron chi connectivity index (χ2n) is 8.65. The van der Waals surface area contributed by atoms with Gasteiger partial charge in [0.05, 0.1) is 17.8 Å². The maximum absolute atomic E-state index is 13.7. The summed E-state index contributed by atoms with van der Waals surface area (Å²) in [7, 11) is 0. The molecule has 1 fully saturated rings. The van der Waals surface area contributed by atoms with Crippen molar-refractivity contribution in [3.63, 3.8) is 0 Å². The summed E-state index contributed by atoms with van der Waals surface area (Å²) in [6.45, 7) is 6.44. The number of aryl methyl sites for hydroxylation is 2. The van der Waals surface area contributed by atoms with Crippen molar-refractivity contribution in [2.24, 2.45) is 0 Å². The molecule has 1 saturated heterocycles. The Morgan fingerprint density at radius 2 is 1.68 bits per heavy atom. The van der Waals surface area contributed by atoms with E-state index < -0.39 is 0 Å². The quantitative estimate of drug-likeness (QED) is 0.344. The molecule has 1 aliphatic heterocycles. The largest absolute Gasteiger partial charge is 0.351 e. The lowest BCUT2D eigenvalue weighted by Gasteiger charge is -2.28. The van der Waals surface area contributed by atoms with E-state index in [1.807, 2.05) is 18.2 Å². The summed E-state index contributed by atoms with van der Waals surface area (Å²) in [6, 6.07) is 23.1. The van der Waals surface area contributed by atoms with E-state index >= 15 is 0 Å². The van der Waals surface area contributed by atoms with E-state index in [0.717, 1.165) is 40.4 Å². The van der Waals surface area contributed by atoms with Crippen LogP contribution in [0.3, 0.4) is 0 Å². The van der Waals surface area contributed by atoms with Crippen molar-refractivity contribution in [3.05, 3.63) is 113 Å². The van der Waals surface area contributed by atoms with Crippen molar-refractivity contribution in [1.82, 2.24) is 14.9 Å². The van der Waals surface area contributed by atoms with Crippen LogP contribution in [0.15, 0.2) is 79.0 Å². The van der Waals surface area contributed by atoms with Gasteiger partial charge in [0.2, 0.25) is 0 Å². The Labute approximate surface area is 205 Å². The fraction of sp³-hybridized carbons (Fsp3) is 0.214. The van der Waals surface area contributed by atoms with Gasteiger partial charge in [-0.3, -0.25) is 4.98 Å². The van der Waals surface area contributed by atoms with Gasteiger partial charge in [-0.1, -0.05) is 25.1 Å². The predicted octanol–water partition coefficient (Wildman–Crippen LogP) is 6.37. The molecule has 4 aromatic rings. The van der Waals surface area contributed by atoms with Gasteiger partial charge in [-0.05, 0) is 98.2 Å². The summed E-state index contributed by atoms with van der Waals surface area (Å²) in [6.07, 6.45) is 2.81. The molecule has 4 nitrogen and oxygen atoms in total. The third-order valence-corrected chi connectivity index (χ3v) is 6.91. The van der Waals surface area contributed by atoms with Gasteiger partial charge in [0.25, 0.3) is 0 Å². The predicted molar refractivity (Wildman–Crippen MR) is 139 cm³/mol. The number of anilines is 1. The van der Waals surface area contributed by atoms with Gasteiger partial charge < -0.3 is 14.8 Å². The fourth-order valence-corrected chi connectivity index (χ4v) is 5.26. The number of aromatic nitrogens is 2. The van der Waals surface area contributed by atoms with Crippen LogP contribution in [0.5, 0.6) is 0 Å². The van der Waals surface area contributed by atoms with Crippen LogP contribution in [0.4, 0.5) is 10.1 Å². The van der Waals surface area contributed by atoms with Crippen LogP contribution >= 0.6 is 12.2 Å². The van der Waals surface area contributed by atoms with Crippen molar-refractivity contribution >= 4 is 23.0 Å². The highest BCUT2D eigenvalue weighted by molar-refractivity contribution is 7.80. The van der Waals surface area contributed by atoms with Crippen molar-refractivity contribution in [1.29, 1.82) is 0 Å². The average molecular weight is 471 g/mol. The lowest BCUT2D eigenvalue weighted by Crippen LogP contribution is -2.29. The maximum atomic E-state index is 13.7. The molecular weight excluding hydrogens is 443 g/mol. The molecule has 2 aromatic heterocycles. The molecule has 1 N–H and O–H groups in total. The molecule has 0 amide bonds. The van der Waals surface area contributed by atoms with E-state index in [0.29, 0.717) is 5.11 Å². The zero-order valence-electron chi connectivity index (χ0n) is 19.5. The van der Waals surface area contributed by atoms with Crippen LogP contribution in [0.2, 0.25) is 0 Å². The summed E-state index contributed by atoms with van der Waals surface area (Å²) in [5.74, 6) is -0.270. The van der Waals surface area contributed by atoms with Gasteiger partial charge in [0.15, 0.2) is 5.11 Å². The minimum absolute atomic E-state index is 0.136. The Bertz CT molecular complexity index is 1310. The first kappa shape index (κ1) is 22.3. The molecule has 0 spiro atoms. The minimum atomic E-state index is -0.270. The molecule has 6 heteroatoms. The number of nitrogens with one attached hydrogen (secondary N) is 1. The van der Waals surface area contributed by atoms with Crippen LogP contribution in [-0.2, 0) is 6.42 Å². The first-order valence-electron chi connectivity index (χ1n) is 11.5. The van der Waals surface area contributed by atoms with Gasteiger partial charge in [-0.15, -0.1) is 0 Å². The van der Waals surface area contributed by atoms with E-state index in [-0.39, 0.29) is 17.9 Å². The van der Waals surface area contributed by atoms with Crippen LogP contribution < -0.4 is 10.2 Å². The molecule has 0 saturated carbocycles. The molecule has 2 atom stereocenters. The molecule has 1 aliphatic rings. The second kappa shape index (κ2) is 9.03. The standard InChI is InChI=1S/C28H27FN4S/c1-4-20-8-12-22(13-9-20)32-18(2)17-24(19(32)3)27-26(25-7-5-6-16-30-25)31-28(34)33(27)23-14-10-21(29)11-15-23/h5-17,26-27H,4H2,1-3H3,(H,31,34). The van der Waals surface area contributed by atoms with Gasteiger partial charge in [0, 0.05) is 29.0 Å². The first-order chi connectivity index (χ1) is 16.5. The number of hydrogen-bond donors (Lipinski definition) is 1. The van der Waals surface area contributed by atoms with E-state index in [2.05, 4.69) is 70.9 Å². The number of halogens is 1. The van der Waals surface area contributed by atoms with Gasteiger partial charge in [-0.25, -0.2) is 4.39 Å². The summed E-state index contributed by atoms with van der Waals surface area (Å²) in [4.78, 5) is 6.72. The lowest BCUT2D eigenvalue weighted by molar-refractivity contribution is 0.565. The van der Waals surface area contributed by atoms with E-state index in [9.17, 15) is 4.39 Å². The molecule has 0 radical (unpaired) electrons. The SMILES string of the molecule is CCc1ccc(-n2c(C)cc(C3C(c4ccccn4)NC(=S)N3c3ccc(F)cc3)c2C)cc1. The Morgan fingerprint density at radius 1 is 0.971 bits per heavy atom. The first-order valence-corrected chi connectivity index (χ1v) is 11.9. The molecule has 0 bridgehead atoms. The summed E-state index contributed by atoms with van der Waals surface area (Å²) >= 11 is 5.80. The van der Waals surface area contributed by atoms with Crippen molar-refractivity contribution in [2.45, 2.75) is 39.3 Å². The highest BCUT2D eigenvalue weighted by Gasteiger charge is 2.42. The zero-order valence-corrected chi connectivity index (χ0v) is 20.3. The summed E-state index contributed by atoms with van der Waals surface area (Å²) in [5.41, 5.74) is 7.66. The Hall–Kier alpha value is -3.51. The van der Waals surface area contributed by atoms with E-state index in [4.69, 9.17) is 12.2 Å². The third-order valence-electron chi connectivity index (χ3n) is 6.59.